The van der Waals surface area contributed by atoms with Gasteiger partial charge in [0.05, 0.1) is 11.7 Å². The zero-order valence-corrected chi connectivity index (χ0v) is 12.8. The second-order valence-electron chi connectivity index (χ2n) is 4.42. The van der Waals surface area contributed by atoms with Gasteiger partial charge in [0.25, 0.3) is 0 Å². The number of nitrogens with zero attached hydrogens (tertiary/aromatic N) is 2. The Morgan fingerprint density at radius 2 is 2.10 bits per heavy atom. The van der Waals surface area contributed by atoms with E-state index in [0.29, 0.717) is 0 Å². The van der Waals surface area contributed by atoms with Crippen LogP contribution in [0.15, 0.2) is 54.2 Å². The van der Waals surface area contributed by atoms with Crippen LogP contribution < -0.4 is 5.32 Å². The molecule has 1 unspecified atom stereocenters. The van der Waals surface area contributed by atoms with Gasteiger partial charge in [-0.25, -0.2) is 4.98 Å². The summed E-state index contributed by atoms with van der Waals surface area (Å²) in [6.45, 7) is 3.83. The smallest absolute Gasteiger partial charge is 0.244 e. The molecule has 2 aromatic heterocycles. The number of rotatable bonds is 5. The van der Waals surface area contributed by atoms with Crippen molar-refractivity contribution in [3.63, 3.8) is 0 Å². The Balaban J connectivity index is 2.02. The number of hydrogen-bond donors (Lipinski definition) is 1. The standard InChI is InChI=1S/C16H17N3OS/c1-3-4-5-6-15(20)18-12(2)16-19-14(11-21-16)13-7-9-17-10-8-13/h3-12H,1-2H3,(H,18,20). The third-order valence-electron chi connectivity index (χ3n) is 2.78. The van der Waals surface area contributed by atoms with Gasteiger partial charge in [-0.1, -0.05) is 18.2 Å². The topological polar surface area (TPSA) is 54.9 Å². The van der Waals surface area contributed by atoms with Crippen LogP contribution >= 0.6 is 11.3 Å². The van der Waals surface area contributed by atoms with Crippen LogP contribution in [0.3, 0.4) is 0 Å². The molecule has 0 aliphatic heterocycles. The summed E-state index contributed by atoms with van der Waals surface area (Å²) in [6, 6.07) is 3.72. The molecule has 0 aliphatic carbocycles. The Labute approximate surface area is 128 Å². The Hall–Kier alpha value is -2.27. The summed E-state index contributed by atoms with van der Waals surface area (Å²) in [7, 11) is 0. The molecule has 0 saturated carbocycles. The SMILES string of the molecule is CC=CC=CC(=O)NC(C)c1nc(-c2ccncc2)cs1. The predicted molar refractivity (Wildman–Crippen MR) is 85.9 cm³/mol. The van der Waals surface area contributed by atoms with Gasteiger partial charge in [0.1, 0.15) is 5.01 Å². The molecule has 0 fully saturated rings. The second kappa shape index (κ2) is 7.50. The van der Waals surface area contributed by atoms with E-state index in [0.717, 1.165) is 16.3 Å². The molecule has 2 aromatic rings. The monoisotopic (exact) mass is 299 g/mol. The predicted octanol–water partition coefficient (Wildman–Crippen LogP) is 3.51. The largest absolute Gasteiger partial charge is 0.344 e. The molecule has 0 radical (unpaired) electrons. The number of carbonyl (C=O) groups excluding carboxylic acids is 1. The van der Waals surface area contributed by atoms with Gasteiger partial charge in [0, 0.05) is 29.4 Å². The third-order valence-corrected chi connectivity index (χ3v) is 3.81. The first-order valence-electron chi connectivity index (χ1n) is 6.66. The lowest BCUT2D eigenvalue weighted by molar-refractivity contribution is -0.117. The highest BCUT2D eigenvalue weighted by atomic mass is 32.1. The fourth-order valence-electron chi connectivity index (χ4n) is 1.72. The molecule has 0 bridgehead atoms. The number of thiazole rings is 1. The van der Waals surface area contributed by atoms with Crippen molar-refractivity contribution in [3.05, 3.63) is 59.2 Å². The third kappa shape index (κ3) is 4.36. The maximum Gasteiger partial charge on any atom is 0.244 e. The van der Waals surface area contributed by atoms with E-state index in [4.69, 9.17) is 0 Å². The lowest BCUT2D eigenvalue weighted by atomic mass is 10.2. The normalized spacial score (nSPS) is 12.9. The van der Waals surface area contributed by atoms with Gasteiger partial charge in [0.2, 0.25) is 5.91 Å². The molecule has 0 aliphatic rings. The average Bonchev–Trinajstić information content (AvgIpc) is 2.98. The summed E-state index contributed by atoms with van der Waals surface area (Å²) in [6.07, 6.45) is 10.4. The molecule has 1 N–H and O–H groups in total. The van der Waals surface area contributed by atoms with Crippen LogP contribution in [0.5, 0.6) is 0 Å². The minimum absolute atomic E-state index is 0.117. The lowest BCUT2D eigenvalue weighted by Gasteiger charge is -2.08. The number of nitrogens with one attached hydrogen (secondary N) is 1. The molecule has 21 heavy (non-hydrogen) atoms. The summed E-state index contributed by atoms with van der Waals surface area (Å²) >= 11 is 1.54. The number of allylic oxidation sites excluding steroid dienone is 3. The summed E-state index contributed by atoms with van der Waals surface area (Å²) in [4.78, 5) is 20.3. The van der Waals surface area contributed by atoms with Crippen LogP contribution in [0.4, 0.5) is 0 Å². The maximum atomic E-state index is 11.7. The summed E-state index contributed by atoms with van der Waals surface area (Å²) in [5.41, 5.74) is 1.93. The molecule has 108 valence electrons. The quantitative estimate of drug-likeness (QED) is 0.679. The second-order valence-corrected chi connectivity index (χ2v) is 5.31. The van der Waals surface area contributed by atoms with Crippen LogP contribution in [0.25, 0.3) is 11.3 Å². The van der Waals surface area contributed by atoms with Crippen molar-refractivity contribution in [1.82, 2.24) is 15.3 Å². The molecule has 5 heteroatoms. The molecule has 1 amide bonds. The van der Waals surface area contributed by atoms with Gasteiger partial charge in [-0.2, -0.15) is 0 Å². The van der Waals surface area contributed by atoms with Crippen molar-refractivity contribution in [2.24, 2.45) is 0 Å². The van der Waals surface area contributed by atoms with E-state index in [1.807, 2.05) is 43.5 Å². The van der Waals surface area contributed by atoms with E-state index in [1.54, 1.807) is 18.5 Å². The Morgan fingerprint density at radius 1 is 1.33 bits per heavy atom. The number of aromatic nitrogens is 2. The summed E-state index contributed by atoms with van der Waals surface area (Å²) in [5.74, 6) is -0.124. The van der Waals surface area contributed by atoms with Crippen LogP contribution in [0.2, 0.25) is 0 Å². The fourth-order valence-corrected chi connectivity index (χ4v) is 2.55. The van der Waals surface area contributed by atoms with Crippen LogP contribution in [-0.2, 0) is 4.79 Å². The van der Waals surface area contributed by atoms with Crippen molar-refractivity contribution < 1.29 is 4.79 Å². The van der Waals surface area contributed by atoms with Crippen LogP contribution in [-0.4, -0.2) is 15.9 Å². The minimum atomic E-state index is -0.124. The molecular formula is C16H17N3OS. The molecule has 2 heterocycles. The zero-order chi connectivity index (χ0) is 15.1. The fraction of sp³-hybridized carbons (Fsp3) is 0.188. The molecule has 4 nitrogen and oxygen atoms in total. The molecule has 2 rings (SSSR count). The first-order chi connectivity index (χ1) is 10.2. The highest BCUT2D eigenvalue weighted by Gasteiger charge is 2.12. The Kier molecular flexibility index (Phi) is 5.40. The number of hydrogen-bond acceptors (Lipinski definition) is 4. The number of carbonyl (C=O) groups is 1. The highest BCUT2D eigenvalue weighted by Crippen LogP contribution is 2.24. The maximum absolute atomic E-state index is 11.7. The van der Waals surface area contributed by atoms with Gasteiger partial charge in [-0.05, 0) is 26.0 Å². The summed E-state index contributed by atoms with van der Waals surface area (Å²) in [5, 5.41) is 5.77. The van der Waals surface area contributed by atoms with Gasteiger partial charge < -0.3 is 5.32 Å². The highest BCUT2D eigenvalue weighted by molar-refractivity contribution is 7.10. The lowest BCUT2D eigenvalue weighted by Crippen LogP contribution is -2.24. The van der Waals surface area contributed by atoms with E-state index in [2.05, 4.69) is 15.3 Å². The van der Waals surface area contributed by atoms with E-state index in [9.17, 15) is 4.79 Å². The van der Waals surface area contributed by atoms with Crippen LogP contribution in [0.1, 0.15) is 24.9 Å². The number of amides is 1. The van der Waals surface area contributed by atoms with Gasteiger partial charge in [-0.15, -0.1) is 11.3 Å². The van der Waals surface area contributed by atoms with Crippen molar-refractivity contribution in [2.45, 2.75) is 19.9 Å². The van der Waals surface area contributed by atoms with Crippen molar-refractivity contribution >= 4 is 17.2 Å². The first-order valence-corrected chi connectivity index (χ1v) is 7.54. The van der Waals surface area contributed by atoms with Gasteiger partial charge in [0.15, 0.2) is 0 Å². The number of pyridine rings is 1. The van der Waals surface area contributed by atoms with Gasteiger partial charge in [-0.3, -0.25) is 9.78 Å². The molecular weight excluding hydrogens is 282 g/mol. The van der Waals surface area contributed by atoms with Gasteiger partial charge >= 0.3 is 0 Å². The van der Waals surface area contributed by atoms with E-state index < -0.39 is 0 Å². The van der Waals surface area contributed by atoms with E-state index in [-0.39, 0.29) is 11.9 Å². The Morgan fingerprint density at radius 3 is 2.81 bits per heavy atom. The molecule has 1 atom stereocenters. The summed E-state index contributed by atoms with van der Waals surface area (Å²) < 4.78 is 0. The van der Waals surface area contributed by atoms with Crippen LogP contribution in [0, 0.1) is 0 Å². The van der Waals surface area contributed by atoms with E-state index in [1.165, 1.54) is 17.4 Å². The molecule has 0 spiro atoms. The Bertz CT molecular complexity index is 647. The average molecular weight is 299 g/mol. The zero-order valence-electron chi connectivity index (χ0n) is 12.0. The molecule has 0 saturated heterocycles. The van der Waals surface area contributed by atoms with E-state index >= 15 is 0 Å². The van der Waals surface area contributed by atoms with Crippen molar-refractivity contribution in [2.75, 3.05) is 0 Å². The minimum Gasteiger partial charge on any atom is -0.344 e. The first kappa shape index (κ1) is 15.1. The molecule has 0 aromatic carbocycles. The van der Waals surface area contributed by atoms with Crippen molar-refractivity contribution in [3.8, 4) is 11.3 Å². The van der Waals surface area contributed by atoms with Crippen molar-refractivity contribution in [1.29, 1.82) is 0 Å².